The summed E-state index contributed by atoms with van der Waals surface area (Å²) in [6.07, 6.45) is 17.7. The van der Waals surface area contributed by atoms with Gasteiger partial charge in [0.15, 0.2) is 0 Å². The van der Waals surface area contributed by atoms with E-state index in [0.29, 0.717) is 0 Å². The topological polar surface area (TPSA) is 33.4 Å². The SMILES string of the molecule is CCCCCCCCCCCCC(O)CCc1ccco1. The van der Waals surface area contributed by atoms with Crippen molar-refractivity contribution in [2.45, 2.75) is 96.5 Å². The molecule has 1 unspecified atom stereocenters. The fourth-order valence-electron chi connectivity index (χ4n) is 2.78. The lowest BCUT2D eigenvalue weighted by Crippen LogP contribution is -2.07. The molecule has 0 aliphatic carbocycles. The van der Waals surface area contributed by atoms with Gasteiger partial charge in [0.2, 0.25) is 0 Å². The Morgan fingerprint density at radius 3 is 2.10 bits per heavy atom. The summed E-state index contributed by atoms with van der Waals surface area (Å²) >= 11 is 0. The van der Waals surface area contributed by atoms with Gasteiger partial charge in [0.25, 0.3) is 0 Å². The van der Waals surface area contributed by atoms with Gasteiger partial charge in [0.05, 0.1) is 12.4 Å². The van der Waals surface area contributed by atoms with Crippen molar-refractivity contribution < 1.29 is 9.52 Å². The van der Waals surface area contributed by atoms with Crippen LogP contribution in [0.15, 0.2) is 22.8 Å². The van der Waals surface area contributed by atoms with E-state index >= 15 is 0 Å². The second kappa shape index (κ2) is 12.9. The van der Waals surface area contributed by atoms with Gasteiger partial charge in [-0.25, -0.2) is 0 Å². The minimum atomic E-state index is -0.163. The molecule has 122 valence electrons. The number of hydrogen-bond donors (Lipinski definition) is 1. The summed E-state index contributed by atoms with van der Waals surface area (Å²) in [5.41, 5.74) is 0. The molecule has 0 aliphatic heterocycles. The molecule has 1 atom stereocenters. The monoisotopic (exact) mass is 294 g/mol. The zero-order valence-electron chi connectivity index (χ0n) is 13.9. The number of unbranched alkanes of at least 4 members (excludes halogenated alkanes) is 9. The van der Waals surface area contributed by atoms with Gasteiger partial charge in [0.1, 0.15) is 5.76 Å². The number of furan rings is 1. The summed E-state index contributed by atoms with van der Waals surface area (Å²) in [6.45, 7) is 2.27. The zero-order chi connectivity index (χ0) is 15.2. The summed E-state index contributed by atoms with van der Waals surface area (Å²) in [5.74, 6) is 0.983. The van der Waals surface area contributed by atoms with Crippen molar-refractivity contribution in [2.75, 3.05) is 0 Å². The van der Waals surface area contributed by atoms with Crippen molar-refractivity contribution in [1.29, 1.82) is 0 Å². The van der Waals surface area contributed by atoms with E-state index in [4.69, 9.17) is 4.42 Å². The second-order valence-electron chi connectivity index (χ2n) is 6.24. The van der Waals surface area contributed by atoms with Crippen LogP contribution in [-0.2, 0) is 6.42 Å². The van der Waals surface area contributed by atoms with Crippen molar-refractivity contribution in [2.24, 2.45) is 0 Å². The van der Waals surface area contributed by atoms with Crippen LogP contribution in [0.5, 0.6) is 0 Å². The highest BCUT2D eigenvalue weighted by Gasteiger charge is 2.05. The van der Waals surface area contributed by atoms with Crippen molar-refractivity contribution in [3.63, 3.8) is 0 Å². The number of aliphatic hydroxyl groups is 1. The molecule has 0 aromatic carbocycles. The van der Waals surface area contributed by atoms with E-state index in [2.05, 4.69) is 6.92 Å². The average molecular weight is 294 g/mol. The Morgan fingerprint density at radius 1 is 0.905 bits per heavy atom. The quantitative estimate of drug-likeness (QED) is 0.434. The van der Waals surface area contributed by atoms with Crippen LogP contribution < -0.4 is 0 Å². The molecule has 1 rings (SSSR count). The van der Waals surface area contributed by atoms with Gasteiger partial charge in [-0.05, 0) is 25.0 Å². The number of hydrogen-bond acceptors (Lipinski definition) is 2. The summed E-state index contributed by atoms with van der Waals surface area (Å²) < 4.78 is 5.28. The molecule has 0 bridgehead atoms. The number of aryl methyl sites for hydroxylation is 1. The van der Waals surface area contributed by atoms with Crippen LogP contribution >= 0.6 is 0 Å². The summed E-state index contributed by atoms with van der Waals surface area (Å²) in [7, 11) is 0. The molecule has 0 saturated carbocycles. The van der Waals surface area contributed by atoms with Crippen LogP contribution in [0.4, 0.5) is 0 Å². The summed E-state index contributed by atoms with van der Waals surface area (Å²) in [4.78, 5) is 0. The van der Waals surface area contributed by atoms with Crippen LogP contribution in [-0.4, -0.2) is 11.2 Å². The molecule has 0 aliphatic rings. The van der Waals surface area contributed by atoms with E-state index in [1.54, 1.807) is 6.26 Å². The molecule has 2 heteroatoms. The van der Waals surface area contributed by atoms with Gasteiger partial charge in [-0.3, -0.25) is 0 Å². The smallest absolute Gasteiger partial charge is 0.103 e. The fourth-order valence-corrected chi connectivity index (χ4v) is 2.78. The lowest BCUT2D eigenvalue weighted by atomic mass is 10.0. The van der Waals surface area contributed by atoms with Crippen LogP contribution in [0.25, 0.3) is 0 Å². The van der Waals surface area contributed by atoms with E-state index in [1.807, 2.05) is 12.1 Å². The third-order valence-electron chi connectivity index (χ3n) is 4.19. The Balaban J connectivity index is 1.81. The zero-order valence-corrected chi connectivity index (χ0v) is 13.9. The van der Waals surface area contributed by atoms with E-state index in [0.717, 1.165) is 31.4 Å². The normalized spacial score (nSPS) is 12.7. The van der Waals surface area contributed by atoms with Crippen LogP contribution in [0, 0.1) is 0 Å². The maximum atomic E-state index is 9.93. The summed E-state index contributed by atoms with van der Waals surface area (Å²) in [5, 5.41) is 9.93. The molecule has 1 heterocycles. The molecule has 0 amide bonds. The Hall–Kier alpha value is -0.760. The van der Waals surface area contributed by atoms with Crippen molar-refractivity contribution >= 4 is 0 Å². The molecule has 1 aromatic heterocycles. The average Bonchev–Trinajstić information content (AvgIpc) is 3.00. The first-order chi connectivity index (χ1) is 10.3. The summed E-state index contributed by atoms with van der Waals surface area (Å²) in [6, 6.07) is 3.89. The molecule has 1 N–H and O–H groups in total. The molecule has 1 aromatic rings. The third kappa shape index (κ3) is 10.6. The maximum absolute atomic E-state index is 9.93. The van der Waals surface area contributed by atoms with E-state index in [-0.39, 0.29) is 6.10 Å². The van der Waals surface area contributed by atoms with Gasteiger partial charge < -0.3 is 9.52 Å². The third-order valence-corrected chi connectivity index (χ3v) is 4.19. The predicted molar refractivity (Wildman–Crippen MR) is 89.5 cm³/mol. The maximum Gasteiger partial charge on any atom is 0.103 e. The van der Waals surface area contributed by atoms with Crippen LogP contribution in [0.1, 0.15) is 89.7 Å². The highest BCUT2D eigenvalue weighted by atomic mass is 16.3. The molecular weight excluding hydrogens is 260 g/mol. The Bertz CT molecular complexity index is 305. The second-order valence-corrected chi connectivity index (χ2v) is 6.24. The van der Waals surface area contributed by atoms with Gasteiger partial charge in [0, 0.05) is 6.42 Å². The first kappa shape index (κ1) is 18.3. The van der Waals surface area contributed by atoms with Crippen LogP contribution in [0.3, 0.4) is 0 Å². The molecule has 0 radical (unpaired) electrons. The van der Waals surface area contributed by atoms with Crippen molar-refractivity contribution in [1.82, 2.24) is 0 Å². The highest BCUT2D eigenvalue weighted by molar-refractivity contribution is 4.98. The molecule has 0 spiro atoms. The number of aliphatic hydroxyl groups excluding tert-OH is 1. The largest absolute Gasteiger partial charge is 0.469 e. The first-order valence-corrected chi connectivity index (χ1v) is 9.03. The van der Waals surface area contributed by atoms with E-state index in [1.165, 1.54) is 57.8 Å². The van der Waals surface area contributed by atoms with Gasteiger partial charge in [-0.2, -0.15) is 0 Å². The van der Waals surface area contributed by atoms with Gasteiger partial charge >= 0.3 is 0 Å². The lowest BCUT2D eigenvalue weighted by Gasteiger charge is -2.09. The predicted octanol–water partition coefficient (Wildman–Crippen LogP) is 5.88. The Kier molecular flexibility index (Phi) is 11.3. The minimum absolute atomic E-state index is 0.163. The molecule has 21 heavy (non-hydrogen) atoms. The highest BCUT2D eigenvalue weighted by Crippen LogP contribution is 2.14. The molecule has 2 nitrogen and oxygen atoms in total. The van der Waals surface area contributed by atoms with Gasteiger partial charge in [-0.15, -0.1) is 0 Å². The standard InChI is InChI=1S/C19H34O2/c1-2-3-4-5-6-7-8-9-10-11-13-18(20)15-16-19-14-12-17-21-19/h12,14,17-18,20H,2-11,13,15-16H2,1H3. The van der Waals surface area contributed by atoms with E-state index in [9.17, 15) is 5.11 Å². The first-order valence-electron chi connectivity index (χ1n) is 9.03. The molecule has 0 fully saturated rings. The van der Waals surface area contributed by atoms with Gasteiger partial charge in [-0.1, -0.05) is 71.1 Å². The molecular formula is C19H34O2. The minimum Gasteiger partial charge on any atom is -0.469 e. The number of rotatable bonds is 14. The molecule has 0 saturated heterocycles. The lowest BCUT2D eigenvalue weighted by molar-refractivity contribution is 0.149. The van der Waals surface area contributed by atoms with Crippen molar-refractivity contribution in [3.05, 3.63) is 24.2 Å². The van der Waals surface area contributed by atoms with E-state index < -0.39 is 0 Å². The fraction of sp³-hybridized carbons (Fsp3) is 0.789. The van der Waals surface area contributed by atoms with Crippen molar-refractivity contribution in [3.8, 4) is 0 Å². The Labute approximate surface area is 130 Å². The van der Waals surface area contributed by atoms with Crippen LogP contribution in [0.2, 0.25) is 0 Å². The Morgan fingerprint density at radius 2 is 1.52 bits per heavy atom.